The molecule has 202 valence electrons. The summed E-state index contributed by atoms with van der Waals surface area (Å²) in [4.78, 5) is 52.1. The minimum absolute atomic E-state index is 0.0917. The number of nitrogens with zero attached hydrogens (tertiary/aromatic N) is 1. The van der Waals surface area contributed by atoms with Crippen LogP contribution < -0.4 is 10.6 Å². The van der Waals surface area contributed by atoms with E-state index in [1.54, 1.807) is 31.2 Å². The van der Waals surface area contributed by atoms with E-state index in [1.807, 2.05) is 20.8 Å². The molecule has 0 radical (unpaired) electrons. The van der Waals surface area contributed by atoms with Crippen LogP contribution in [-0.4, -0.2) is 68.4 Å². The Labute approximate surface area is 234 Å². The predicted octanol–water partition coefficient (Wildman–Crippen LogP) is 4.03. The van der Waals surface area contributed by atoms with Crippen LogP contribution in [0.4, 0.5) is 5.69 Å². The molecule has 2 aliphatic rings. The number of alkyl halides is 3. The molecule has 0 aliphatic carbocycles. The minimum atomic E-state index is -1.78. The van der Waals surface area contributed by atoms with Gasteiger partial charge in [-0.1, -0.05) is 53.9 Å². The molecular formula is C24H28Cl3N3O6S. The lowest BCUT2D eigenvalue weighted by atomic mass is 10.0. The van der Waals surface area contributed by atoms with Gasteiger partial charge in [0.1, 0.15) is 29.3 Å². The number of rotatable bonds is 9. The van der Waals surface area contributed by atoms with E-state index in [-0.39, 0.29) is 12.2 Å². The van der Waals surface area contributed by atoms with Gasteiger partial charge >= 0.3 is 11.9 Å². The molecule has 0 spiro atoms. The summed E-state index contributed by atoms with van der Waals surface area (Å²) in [6.45, 7) is 6.61. The van der Waals surface area contributed by atoms with E-state index in [9.17, 15) is 19.2 Å². The predicted molar refractivity (Wildman–Crippen MR) is 144 cm³/mol. The molecule has 0 bridgehead atoms. The number of carbonyl (C=O) groups excluding carboxylic acids is 4. The van der Waals surface area contributed by atoms with Gasteiger partial charge in [-0.05, 0) is 44.9 Å². The van der Waals surface area contributed by atoms with Crippen molar-refractivity contribution in [3.05, 3.63) is 41.1 Å². The second kappa shape index (κ2) is 11.7. The highest BCUT2D eigenvalue weighted by Crippen LogP contribution is 2.40. The van der Waals surface area contributed by atoms with E-state index in [1.165, 1.54) is 16.7 Å². The van der Waals surface area contributed by atoms with Gasteiger partial charge in [0.15, 0.2) is 0 Å². The van der Waals surface area contributed by atoms with Gasteiger partial charge in [-0.3, -0.25) is 14.5 Å². The Hall–Kier alpha value is -2.14. The summed E-state index contributed by atoms with van der Waals surface area (Å²) < 4.78 is 8.84. The number of para-hydroxylation sites is 1. The third-order valence-electron chi connectivity index (χ3n) is 5.84. The lowest BCUT2D eigenvalue weighted by molar-refractivity contribution is -0.152. The highest BCUT2D eigenvalue weighted by Gasteiger charge is 2.54. The Kier molecular flexibility index (Phi) is 9.32. The Bertz CT molecular complexity index is 1120. The van der Waals surface area contributed by atoms with E-state index in [4.69, 9.17) is 44.3 Å². The highest BCUT2D eigenvalue weighted by molar-refractivity contribution is 8.00. The number of hydrogen-bond donors (Lipinski definition) is 2. The number of hydrogen-bond acceptors (Lipinski definition) is 8. The van der Waals surface area contributed by atoms with Crippen molar-refractivity contribution in [1.29, 1.82) is 0 Å². The number of amides is 2. The molecule has 13 heteroatoms. The number of nitrogens with one attached hydrogen (secondary N) is 2. The number of thioether (sulfide) groups is 1. The monoisotopic (exact) mass is 591 g/mol. The van der Waals surface area contributed by atoms with Gasteiger partial charge in [-0.15, -0.1) is 11.8 Å². The van der Waals surface area contributed by atoms with Crippen LogP contribution in [0.5, 0.6) is 0 Å². The highest BCUT2D eigenvalue weighted by atomic mass is 35.6. The number of esters is 2. The van der Waals surface area contributed by atoms with Gasteiger partial charge in [0, 0.05) is 11.4 Å². The number of anilines is 1. The largest absolute Gasteiger partial charge is 0.456 e. The fourth-order valence-corrected chi connectivity index (χ4v) is 5.03. The molecule has 2 atom stereocenters. The molecule has 2 aliphatic heterocycles. The molecule has 1 fully saturated rings. The van der Waals surface area contributed by atoms with Crippen LogP contribution >= 0.6 is 46.6 Å². The summed E-state index contributed by atoms with van der Waals surface area (Å²) in [5, 5.41) is 5.15. The minimum Gasteiger partial charge on any atom is -0.456 e. The quantitative estimate of drug-likeness (QED) is 0.251. The number of carbonyl (C=O) groups is 4. The first kappa shape index (κ1) is 29.4. The first-order chi connectivity index (χ1) is 17.2. The number of fused-ring (bicyclic) bond motifs is 1. The zero-order valence-corrected chi connectivity index (χ0v) is 23.8. The van der Waals surface area contributed by atoms with Crippen molar-refractivity contribution < 1.29 is 28.7 Å². The van der Waals surface area contributed by atoms with Crippen molar-refractivity contribution in [2.24, 2.45) is 0 Å². The fraction of sp³-hybridized carbons (Fsp3) is 0.500. The third kappa shape index (κ3) is 7.25. The zero-order chi connectivity index (χ0) is 27.5. The molecule has 1 aromatic rings. The van der Waals surface area contributed by atoms with Crippen LogP contribution in [0.25, 0.3) is 0 Å². The Morgan fingerprint density at radius 3 is 2.49 bits per heavy atom. The molecule has 1 unspecified atom stereocenters. The zero-order valence-electron chi connectivity index (χ0n) is 20.7. The molecule has 1 aromatic carbocycles. The SMILES string of the molecule is CCC(C)(C)OC(=O)c1ccccc1NCC(=O)NC1C(=O)N2C(C(=O)OCC(Cl)(Cl)Cl)=C(C)CS[C@H]12. The van der Waals surface area contributed by atoms with Crippen LogP contribution in [0, 0.1) is 0 Å². The van der Waals surface area contributed by atoms with Crippen LogP contribution in [0.2, 0.25) is 0 Å². The van der Waals surface area contributed by atoms with Crippen molar-refractivity contribution in [3.63, 3.8) is 0 Å². The van der Waals surface area contributed by atoms with E-state index >= 15 is 0 Å². The molecule has 2 N–H and O–H groups in total. The molecule has 3 rings (SSSR count). The van der Waals surface area contributed by atoms with Gasteiger partial charge in [-0.2, -0.15) is 0 Å². The molecule has 0 aromatic heterocycles. The summed E-state index contributed by atoms with van der Waals surface area (Å²) in [5.41, 5.74) is 0.832. The van der Waals surface area contributed by atoms with E-state index in [0.29, 0.717) is 29.0 Å². The van der Waals surface area contributed by atoms with Gasteiger partial charge in [0.25, 0.3) is 5.91 Å². The summed E-state index contributed by atoms with van der Waals surface area (Å²) in [7, 11) is 0. The van der Waals surface area contributed by atoms with Crippen molar-refractivity contribution in [1.82, 2.24) is 10.2 Å². The summed E-state index contributed by atoms with van der Waals surface area (Å²) >= 11 is 18.4. The summed E-state index contributed by atoms with van der Waals surface area (Å²) in [5.74, 6) is -1.72. The standard InChI is InChI=1S/C24H28Cl3N3O6S/c1-5-23(3,4)36-21(33)14-8-6-7-9-15(14)28-10-16(31)29-17-19(32)30-18(13(2)11-37-20(17)30)22(34)35-12-24(25,26)27/h6-9,17,20,28H,5,10-12H2,1-4H3,(H,29,31)/t17?,20-/m1/s1. The van der Waals surface area contributed by atoms with Crippen molar-refractivity contribution in [3.8, 4) is 0 Å². The molecule has 1 saturated heterocycles. The average molecular weight is 593 g/mol. The summed E-state index contributed by atoms with van der Waals surface area (Å²) in [6.07, 6.45) is 0.642. The van der Waals surface area contributed by atoms with Crippen LogP contribution in [0.3, 0.4) is 0 Å². The van der Waals surface area contributed by atoms with Gasteiger partial charge in [-0.25, -0.2) is 9.59 Å². The van der Waals surface area contributed by atoms with Crippen molar-refractivity contribution >= 4 is 76.0 Å². The maximum absolute atomic E-state index is 12.9. The van der Waals surface area contributed by atoms with Gasteiger partial charge in [0.2, 0.25) is 9.70 Å². The molecular weight excluding hydrogens is 565 g/mol. The molecule has 2 amide bonds. The van der Waals surface area contributed by atoms with Crippen LogP contribution in [0.15, 0.2) is 35.5 Å². The van der Waals surface area contributed by atoms with Crippen LogP contribution in [-0.2, 0) is 23.9 Å². The van der Waals surface area contributed by atoms with Crippen molar-refractivity contribution in [2.45, 2.75) is 54.9 Å². The summed E-state index contributed by atoms with van der Waals surface area (Å²) in [6, 6.07) is 5.88. The maximum Gasteiger partial charge on any atom is 0.355 e. The average Bonchev–Trinajstić information content (AvgIpc) is 2.83. The third-order valence-corrected chi connectivity index (χ3v) is 7.59. The van der Waals surface area contributed by atoms with Gasteiger partial charge < -0.3 is 20.1 Å². The number of β-lactam (4-membered cyclic amide) rings is 1. The number of benzene rings is 1. The van der Waals surface area contributed by atoms with Crippen LogP contribution in [0.1, 0.15) is 44.5 Å². The lowest BCUT2D eigenvalue weighted by Gasteiger charge is -2.49. The first-order valence-electron chi connectivity index (χ1n) is 11.5. The number of halogens is 3. The van der Waals surface area contributed by atoms with Crippen molar-refractivity contribution in [2.75, 3.05) is 24.2 Å². The second-order valence-electron chi connectivity index (χ2n) is 9.18. The molecule has 37 heavy (non-hydrogen) atoms. The molecule has 9 nitrogen and oxygen atoms in total. The molecule has 0 saturated carbocycles. The molecule has 2 heterocycles. The maximum atomic E-state index is 12.9. The fourth-order valence-electron chi connectivity index (χ4n) is 3.57. The smallest absolute Gasteiger partial charge is 0.355 e. The Morgan fingerprint density at radius 1 is 1.16 bits per heavy atom. The Morgan fingerprint density at radius 2 is 1.84 bits per heavy atom. The van der Waals surface area contributed by atoms with E-state index in [2.05, 4.69) is 10.6 Å². The number of ether oxygens (including phenoxy) is 2. The van der Waals surface area contributed by atoms with E-state index in [0.717, 1.165) is 0 Å². The topological polar surface area (TPSA) is 114 Å². The Balaban J connectivity index is 1.60. The lowest BCUT2D eigenvalue weighted by Crippen LogP contribution is -2.70. The van der Waals surface area contributed by atoms with Gasteiger partial charge in [0.05, 0.1) is 12.1 Å². The first-order valence-corrected chi connectivity index (χ1v) is 13.7. The second-order valence-corrected chi connectivity index (χ2v) is 12.8. The normalized spacial score (nSPS) is 19.5. The van der Waals surface area contributed by atoms with E-state index < -0.39 is 51.2 Å².